The maximum absolute atomic E-state index is 12.0. The van der Waals surface area contributed by atoms with E-state index in [9.17, 15) is 18.3 Å². The number of rotatable bonds is 4. The molecule has 0 atom stereocenters. The maximum atomic E-state index is 12.0. The van der Waals surface area contributed by atoms with E-state index in [1.54, 1.807) is 24.3 Å². The van der Waals surface area contributed by atoms with Crippen LogP contribution in [0, 0.1) is 0 Å². The maximum Gasteiger partial charge on any atom is 0.573 e. The van der Waals surface area contributed by atoms with E-state index in [4.69, 9.17) is 0 Å². The molecule has 0 aliphatic rings. The quantitative estimate of drug-likeness (QED) is 0.894. The number of hydrogen-bond donors (Lipinski definition) is 2. The Bertz CT molecular complexity index is 567. The van der Waals surface area contributed by atoms with Gasteiger partial charge in [-0.25, -0.2) is 0 Å². The molecule has 0 spiro atoms. The van der Waals surface area contributed by atoms with Gasteiger partial charge in [0.15, 0.2) is 0 Å². The predicted molar refractivity (Wildman–Crippen MR) is 68.6 cm³/mol. The number of aromatic hydroxyl groups is 1. The summed E-state index contributed by atoms with van der Waals surface area (Å²) in [7, 11) is 0. The molecule has 0 aromatic heterocycles. The molecule has 0 amide bonds. The lowest BCUT2D eigenvalue weighted by molar-refractivity contribution is -0.274. The summed E-state index contributed by atoms with van der Waals surface area (Å²) in [5.74, 6) is -0.109. The first-order valence-electron chi connectivity index (χ1n) is 5.80. The summed E-state index contributed by atoms with van der Waals surface area (Å²) < 4.78 is 39.8. The lowest BCUT2D eigenvalue weighted by atomic mass is 10.2. The summed E-state index contributed by atoms with van der Waals surface area (Å²) in [6, 6.07) is 12.2. The Morgan fingerprint density at radius 2 is 1.75 bits per heavy atom. The minimum absolute atomic E-state index is 0.143. The minimum Gasteiger partial charge on any atom is -0.508 e. The number of benzene rings is 2. The highest BCUT2D eigenvalue weighted by Gasteiger charge is 2.30. The number of ether oxygens (including phenoxy) is 1. The van der Waals surface area contributed by atoms with Gasteiger partial charge >= 0.3 is 6.36 Å². The lowest BCUT2D eigenvalue weighted by Gasteiger charge is -2.10. The Morgan fingerprint density at radius 1 is 1.05 bits per heavy atom. The van der Waals surface area contributed by atoms with Crippen LogP contribution in [0.15, 0.2) is 48.5 Å². The van der Waals surface area contributed by atoms with E-state index in [1.807, 2.05) is 0 Å². The average Bonchev–Trinajstić information content (AvgIpc) is 2.36. The summed E-state index contributed by atoms with van der Waals surface area (Å²) in [4.78, 5) is 0. The van der Waals surface area contributed by atoms with Gasteiger partial charge in [-0.1, -0.05) is 18.2 Å². The Hall–Kier alpha value is -2.37. The van der Waals surface area contributed by atoms with Crippen molar-refractivity contribution in [3.63, 3.8) is 0 Å². The van der Waals surface area contributed by atoms with Crippen LogP contribution < -0.4 is 10.1 Å². The van der Waals surface area contributed by atoms with E-state index in [1.165, 1.54) is 24.3 Å². The molecule has 0 aliphatic heterocycles. The van der Waals surface area contributed by atoms with Gasteiger partial charge in [0.25, 0.3) is 0 Å². The van der Waals surface area contributed by atoms with E-state index in [0.29, 0.717) is 6.54 Å². The molecule has 0 saturated carbocycles. The van der Waals surface area contributed by atoms with Crippen LogP contribution in [-0.4, -0.2) is 11.5 Å². The SMILES string of the molecule is Oc1cccc(NCc2ccc(OC(F)(F)F)cc2)c1. The second kappa shape index (κ2) is 5.73. The van der Waals surface area contributed by atoms with Crippen LogP contribution in [0.5, 0.6) is 11.5 Å². The number of phenolic OH excluding ortho intramolecular Hbond substituents is 1. The first kappa shape index (κ1) is 14.0. The van der Waals surface area contributed by atoms with Gasteiger partial charge < -0.3 is 15.2 Å². The number of anilines is 1. The van der Waals surface area contributed by atoms with Crippen LogP contribution in [0.1, 0.15) is 5.56 Å². The second-order valence-electron chi connectivity index (χ2n) is 4.10. The molecule has 20 heavy (non-hydrogen) atoms. The highest BCUT2D eigenvalue weighted by Crippen LogP contribution is 2.23. The van der Waals surface area contributed by atoms with Crippen molar-refractivity contribution < 1.29 is 23.0 Å². The molecule has 106 valence electrons. The van der Waals surface area contributed by atoms with E-state index in [0.717, 1.165) is 11.3 Å². The van der Waals surface area contributed by atoms with Crippen LogP contribution in [-0.2, 0) is 6.54 Å². The van der Waals surface area contributed by atoms with Crippen LogP contribution in [0.2, 0.25) is 0 Å². The van der Waals surface area contributed by atoms with Crippen molar-refractivity contribution in [2.45, 2.75) is 12.9 Å². The van der Waals surface area contributed by atoms with Gasteiger partial charge in [-0.05, 0) is 29.8 Å². The predicted octanol–water partition coefficient (Wildman–Crippen LogP) is 3.90. The fourth-order valence-corrected chi connectivity index (χ4v) is 1.63. The molecule has 0 radical (unpaired) electrons. The highest BCUT2D eigenvalue weighted by atomic mass is 19.4. The molecule has 0 saturated heterocycles. The molecule has 0 aliphatic carbocycles. The van der Waals surface area contributed by atoms with Gasteiger partial charge in [0, 0.05) is 18.3 Å². The Morgan fingerprint density at radius 3 is 2.35 bits per heavy atom. The molecule has 0 bridgehead atoms. The fraction of sp³-hybridized carbons (Fsp3) is 0.143. The first-order valence-corrected chi connectivity index (χ1v) is 5.80. The first-order chi connectivity index (χ1) is 9.42. The summed E-state index contributed by atoms with van der Waals surface area (Å²) in [5, 5.41) is 12.3. The fourth-order valence-electron chi connectivity index (χ4n) is 1.63. The van der Waals surface area contributed by atoms with Gasteiger partial charge in [-0.3, -0.25) is 0 Å². The number of halogens is 3. The molecule has 2 rings (SSSR count). The van der Waals surface area contributed by atoms with Crippen LogP contribution >= 0.6 is 0 Å². The number of nitrogens with one attached hydrogen (secondary N) is 1. The Kier molecular flexibility index (Phi) is 4.02. The van der Waals surface area contributed by atoms with Crippen LogP contribution in [0.3, 0.4) is 0 Å². The topological polar surface area (TPSA) is 41.5 Å². The Labute approximate surface area is 113 Å². The zero-order valence-corrected chi connectivity index (χ0v) is 10.3. The van der Waals surface area contributed by atoms with Crippen molar-refractivity contribution in [2.75, 3.05) is 5.32 Å². The van der Waals surface area contributed by atoms with Gasteiger partial charge in [0.05, 0.1) is 0 Å². The summed E-state index contributed by atoms with van der Waals surface area (Å²) in [5.41, 5.74) is 1.52. The normalized spacial score (nSPS) is 11.2. The second-order valence-corrected chi connectivity index (χ2v) is 4.10. The minimum atomic E-state index is -4.68. The standard InChI is InChI=1S/C14H12F3NO2/c15-14(16,17)20-13-6-4-10(5-7-13)9-18-11-2-1-3-12(19)8-11/h1-8,18-19H,9H2. The van der Waals surface area contributed by atoms with Gasteiger partial charge in [-0.2, -0.15) is 0 Å². The van der Waals surface area contributed by atoms with Crippen molar-refractivity contribution in [3.05, 3.63) is 54.1 Å². The third kappa shape index (κ3) is 4.38. The molecule has 0 heterocycles. The summed E-state index contributed by atoms with van der Waals surface area (Å²) >= 11 is 0. The molecule has 0 unspecified atom stereocenters. The molecular weight excluding hydrogens is 271 g/mol. The van der Waals surface area contributed by atoms with Crippen LogP contribution in [0.4, 0.5) is 18.9 Å². The molecule has 2 aromatic carbocycles. The molecule has 2 N–H and O–H groups in total. The van der Waals surface area contributed by atoms with Gasteiger partial charge in [0.2, 0.25) is 0 Å². The summed E-state index contributed by atoms with van der Waals surface area (Å²) in [6.07, 6.45) is -4.68. The summed E-state index contributed by atoms with van der Waals surface area (Å²) in [6.45, 7) is 0.426. The number of alkyl halides is 3. The molecule has 3 nitrogen and oxygen atoms in total. The average molecular weight is 283 g/mol. The smallest absolute Gasteiger partial charge is 0.508 e. The molecule has 0 fully saturated rings. The largest absolute Gasteiger partial charge is 0.573 e. The van der Waals surface area contributed by atoms with Crippen molar-refractivity contribution in [1.82, 2.24) is 0 Å². The van der Waals surface area contributed by atoms with E-state index in [-0.39, 0.29) is 11.5 Å². The van der Waals surface area contributed by atoms with E-state index < -0.39 is 6.36 Å². The van der Waals surface area contributed by atoms with E-state index in [2.05, 4.69) is 10.1 Å². The molecule has 2 aromatic rings. The van der Waals surface area contributed by atoms with Crippen molar-refractivity contribution >= 4 is 5.69 Å². The zero-order chi connectivity index (χ0) is 14.6. The number of hydrogen-bond acceptors (Lipinski definition) is 3. The van der Waals surface area contributed by atoms with Gasteiger partial charge in [-0.15, -0.1) is 13.2 Å². The third-order valence-electron chi connectivity index (χ3n) is 2.50. The van der Waals surface area contributed by atoms with Crippen molar-refractivity contribution in [1.29, 1.82) is 0 Å². The van der Waals surface area contributed by atoms with Crippen LogP contribution in [0.25, 0.3) is 0 Å². The monoisotopic (exact) mass is 283 g/mol. The molecule has 6 heteroatoms. The lowest BCUT2D eigenvalue weighted by Crippen LogP contribution is -2.17. The van der Waals surface area contributed by atoms with Gasteiger partial charge in [0.1, 0.15) is 11.5 Å². The molecular formula is C14H12F3NO2. The Balaban J connectivity index is 1.94. The van der Waals surface area contributed by atoms with Crippen molar-refractivity contribution in [2.24, 2.45) is 0 Å². The zero-order valence-electron chi connectivity index (χ0n) is 10.3. The number of phenols is 1. The highest BCUT2D eigenvalue weighted by molar-refractivity contribution is 5.48. The van der Waals surface area contributed by atoms with E-state index >= 15 is 0 Å². The van der Waals surface area contributed by atoms with Crippen molar-refractivity contribution in [3.8, 4) is 11.5 Å². The third-order valence-corrected chi connectivity index (χ3v) is 2.50.